The number of rotatable bonds is 2. The van der Waals surface area contributed by atoms with Gasteiger partial charge in [0.2, 0.25) is 5.91 Å². The first-order chi connectivity index (χ1) is 12.1. The molecule has 2 aliphatic rings. The minimum absolute atomic E-state index is 0.0445. The molecule has 3 heterocycles. The molecule has 25 heavy (non-hydrogen) atoms. The molecule has 5 nitrogen and oxygen atoms in total. The maximum atomic E-state index is 12.6. The van der Waals surface area contributed by atoms with Crippen LogP contribution in [-0.4, -0.2) is 52.3 Å². The topological polar surface area (TPSA) is 56.4 Å². The summed E-state index contributed by atoms with van der Waals surface area (Å²) in [6.45, 7) is 1.36. The lowest BCUT2D eigenvalue weighted by molar-refractivity contribution is -0.130. The number of carbonyl (C=O) groups excluding carboxylic acids is 2. The predicted octanol–water partition coefficient (Wildman–Crippen LogP) is 2.64. The Bertz CT molecular complexity index is 762. The fraction of sp³-hybridized carbons (Fsp3) is 0.400. The van der Waals surface area contributed by atoms with Gasteiger partial charge in [-0.15, -0.1) is 0 Å². The van der Waals surface area contributed by atoms with E-state index in [0.717, 1.165) is 12.8 Å². The SMILES string of the molecule is CN1C(=O)CC(c2ccccc2)C12CCN(C(=O)c1ccc[nH]1)CC2. The summed E-state index contributed by atoms with van der Waals surface area (Å²) >= 11 is 0. The van der Waals surface area contributed by atoms with Crippen LogP contribution in [0.5, 0.6) is 0 Å². The van der Waals surface area contributed by atoms with Gasteiger partial charge in [-0.05, 0) is 30.5 Å². The normalized spacial score (nSPS) is 22.6. The Morgan fingerprint density at radius 1 is 1.12 bits per heavy atom. The van der Waals surface area contributed by atoms with E-state index in [1.165, 1.54) is 5.56 Å². The number of aromatic amines is 1. The number of aromatic nitrogens is 1. The molecule has 4 rings (SSSR count). The van der Waals surface area contributed by atoms with Crippen LogP contribution in [0, 0.1) is 0 Å². The third-order valence-corrected chi connectivity index (χ3v) is 6.02. The molecule has 1 unspecified atom stereocenters. The number of benzene rings is 1. The molecular weight excluding hydrogens is 314 g/mol. The number of nitrogens with zero attached hydrogens (tertiary/aromatic N) is 2. The second kappa shape index (κ2) is 6.06. The molecule has 2 saturated heterocycles. The van der Waals surface area contributed by atoms with Crippen LogP contribution < -0.4 is 0 Å². The van der Waals surface area contributed by atoms with Crippen molar-refractivity contribution in [2.45, 2.75) is 30.7 Å². The second-order valence-electron chi connectivity index (χ2n) is 7.10. The van der Waals surface area contributed by atoms with E-state index >= 15 is 0 Å². The summed E-state index contributed by atoms with van der Waals surface area (Å²) in [5.41, 5.74) is 1.68. The quantitative estimate of drug-likeness (QED) is 0.916. The third-order valence-electron chi connectivity index (χ3n) is 6.02. The van der Waals surface area contributed by atoms with Crippen LogP contribution in [0.15, 0.2) is 48.7 Å². The summed E-state index contributed by atoms with van der Waals surface area (Å²) in [4.78, 5) is 31.9. The Hall–Kier alpha value is -2.56. The number of likely N-dealkylation sites (tertiary alicyclic amines) is 2. The Kier molecular flexibility index (Phi) is 3.86. The predicted molar refractivity (Wildman–Crippen MR) is 95.2 cm³/mol. The summed E-state index contributed by atoms with van der Waals surface area (Å²) in [5.74, 6) is 0.454. The average molecular weight is 337 g/mol. The number of H-pyrrole nitrogens is 1. The molecule has 2 aromatic rings. The van der Waals surface area contributed by atoms with Crippen molar-refractivity contribution in [3.05, 3.63) is 59.9 Å². The van der Waals surface area contributed by atoms with Crippen LogP contribution >= 0.6 is 0 Å². The summed E-state index contributed by atoms with van der Waals surface area (Å²) < 4.78 is 0. The molecule has 0 radical (unpaired) electrons. The number of amides is 2. The standard InChI is InChI=1S/C20H23N3O2/c1-22-18(24)14-16(15-6-3-2-4-7-15)20(22)9-12-23(13-10-20)19(25)17-8-5-11-21-17/h2-8,11,16,21H,9-10,12-14H2,1H3. The Balaban J connectivity index is 1.57. The molecule has 0 bridgehead atoms. The fourth-order valence-electron chi connectivity index (χ4n) is 4.51. The van der Waals surface area contributed by atoms with Crippen molar-refractivity contribution in [2.75, 3.05) is 20.1 Å². The first-order valence-electron chi connectivity index (χ1n) is 8.86. The number of hydrogen-bond donors (Lipinski definition) is 1. The van der Waals surface area contributed by atoms with Crippen LogP contribution in [0.2, 0.25) is 0 Å². The van der Waals surface area contributed by atoms with E-state index in [2.05, 4.69) is 17.1 Å². The summed E-state index contributed by atoms with van der Waals surface area (Å²) in [5, 5.41) is 0. The highest BCUT2D eigenvalue weighted by Gasteiger charge is 2.52. The van der Waals surface area contributed by atoms with E-state index in [4.69, 9.17) is 0 Å². The second-order valence-corrected chi connectivity index (χ2v) is 7.10. The molecule has 0 aliphatic carbocycles. The van der Waals surface area contributed by atoms with E-state index < -0.39 is 0 Å². The highest BCUT2D eigenvalue weighted by atomic mass is 16.2. The zero-order valence-corrected chi connectivity index (χ0v) is 14.4. The van der Waals surface area contributed by atoms with E-state index in [1.807, 2.05) is 47.2 Å². The minimum Gasteiger partial charge on any atom is -0.357 e. The van der Waals surface area contributed by atoms with E-state index in [9.17, 15) is 9.59 Å². The molecule has 1 spiro atoms. The Morgan fingerprint density at radius 2 is 1.84 bits per heavy atom. The monoisotopic (exact) mass is 337 g/mol. The van der Waals surface area contributed by atoms with Crippen molar-refractivity contribution >= 4 is 11.8 Å². The number of carbonyl (C=O) groups is 2. The first-order valence-corrected chi connectivity index (χ1v) is 8.86. The van der Waals surface area contributed by atoms with Gasteiger partial charge >= 0.3 is 0 Å². The van der Waals surface area contributed by atoms with Crippen molar-refractivity contribution in [1.82, 2.24) is 14.8 Å². The van der Waals surface area contributed by atoms with Crippen LogP contribution in [0.1, 0.15) is 41.2 Å². The van der Waals surface area contributed by atoms with E-state index in [-0.39, 0.29) is 23.3 Å². The van der Waals surface area contributed by atoms with Crippen molar-refractivity contribution in [2.24, 2.45) is 0 Å². The number of piperidine rings is 1. The number of hydrogen-bond acceptors (Lipinski definition) is 2. The zero-order chi connectivity index (χ0) is 17.4. The van der Waals surface area contributed by atoms with Crippen LogP contribution in [0.3, 0.4) is 0 Å². The highest BCUT2D eigenvalue weighted by molar-refractivity contribution is 5.92. The largest absolute Gasteiger partial charge is 0.357 e. The first kappa shape index (κ1) is 15.9. The van der Waals surface area contributed by atoms with Gasteiger partial charge in [0.1, 0.15) is 5.69 Å². The van der Waals surface area contributed by atoms with Gasteiger partial charge in [0.15, 0.2) is 0 Å². The number of likely N-dealkylation sites (N-methyl/N-ethyl adjacent to an activating group) is 1. The lowest BCUT2D eigenvalue weighted by atomic mass is 9.73. The van der Waals surface area contributed by atoms with Gasteiger partial charge in [-0.1, -0.05) is 30.3 Å². The van der Waals surface area contributed by atoms with Gasteiger partial charge in [0.25, 0.3) is 5.91 Å². The molecule has 1 N–H and O–H groups in total. The van der Waals surface area contributed by atoms with Crippen molar-refractivity contribution in [3.8, 4) is 0 Å². The molecule has 2 amide bonds. The lowest BCUT2D eigenvalue weighted by Gasteiger charge is -2.46. The molecule has 0 saturated carbocycles. The van der Waals surface area contributed by atoms with Crippen molar-refractivity contribution < 1.29 is 9.59 Å². The van der Waals surface area contributed by atoms with Gasteiger partial charge in [0, 0.05) is 38.7 Å². The fourth-order valence-corrected chi connectivity index (χ4v) is 4.51. The van der Waals surface area contributed by atoms with Gasteiger partial charge in [0.05, 0.1) is 5.54 Å². The molecule has 130 valence electrons. The Morgan fingerprint density at radius 3 is 2.48 bits per heavy atom. The molecule has 1 atom stereocenters. The maximum Gasteiger partial charge on any atom is 0.270 e. The highest BCUT2D eigenvalue weighted by Crippen LogP contribution is 2.48. The van der Waals surface area contributed by atoms with Crippen LogP contribution in [0.25, 0.3) is 0 Å². The maximum absolute atomic E-state index is 12.6. The van der Waals surface area contributed by atoms with Crippen LogP contribution in [-0.2, 0) is 4.79 Å². The smallest absolute Gasteiger partial charge is 0.270 e. The van der Waals surface area contributed by atoms with Gasteiger partial charge in [-0.2, -0.15) is 0 Å². The van der Waals surface area contributed by atoms with E-state index in [0.29, 0.717) is 25.2 Å². The van der Waals surface area contributed by atoms with Crippen molar-refractivity contribution in [1.29, 1.82) is 0 Å². The van der Waals surface area contributed by atoms with Gasteiger partial charge in [-0.3, -0.25) is 9.59 Å². The average Bonchev–Trinajstić information content (AvgIpc) is 3.27. The van der Waals surface area contributed by atoms with Gasteiger partial charge in [-0.25, -0.2) is 0 Å². The minimum atomic E-state index is -0.176. The van der Waals surface area contributed by atoms with Crippen LogP contribution in [0.4, 0.5) is 0 Å². The van der Waals surface area contributed by atoms with Crippen molar-refractivity contribution in [3.63, 3.8) is 0 Å². The summed E-state index contributed by atoms with van der Waals surface area (Å²) in [7, 11) is 1.92. The molecule has 5 heteroatoms. The van der Waals surface area contributed by atoms with Gasteiger partial charge < -0.3 is 14.8 Å². The molecule has 2 fully saturated rings. The zero-order valence-electron chi connectivity index (χ0n) is 14.4. The third kappa shape index (κ3) is 2.54. The molecule has 1 aromatic heterocycles. The number of nitrogens with one attached hydrogen (secondary N) is 1. The molecule has 1 aromatic carbocycles. The Labute approximate surface area is 147 Å². The molecular formula is C20H23N3O2. The van der Waals surface area contributed by atoms with E-state index in [1.54, 1.807) is 6.20 Å². The molecule has 2 aliphatic heterocycles. The lowest BCUT2D eigenvalue weighted by Crippen LogP contribution is -2.55. The summed E-state index contributed by atoms with van der Waals surface area (Å²) in [6.07, 6.45) is 3.97. The summed E-state index contributed by atoms with van der Waals surface area (Å²) in [6, 6.07) is 14.0.